The smallest absolute Gasteiger partial charge is 0.138 e. The molecule has 1 N–H and O–H groups in total. The number of fused-ring (bicyclic) bond motifs is 1. The first-order valence-corrected chi connectivity index (χ1v) is 7.29. The Morgan fingerprint density at radius 3 is 3.21 bits per heavy atom. The Bertz CT molecular complexity index is 528. The first kappa shape index (κ1) is 12.5. The topological polar surface area (TPSA) is 32.6 Å². The number of aromatic nitrogens is 2. The van der Waals surface area contributed by atoms with Crippen molar-refractivity contribution in [3.63, 3.8) is 0 Å². The zero-order chi connectivity index (χ0) is 13.1. The summed E-state index contributed by atoms with van der Waals surface area (Å²) in [5.74, 6) is 1.27. The summed E-state index contributed by atoms with van der Waals surface area (Å²) in [5, 5.41) is 3.52. The number of nitrogens with zero attached hydrogens (tertiary/aromatic N) is 3. The molecule has 2 aromatic rings. The quantitative estimate of drug-likeness (QED) is 0.913. The van der Waals surface area contributed by atoms with Crippen LogP contribution in [0.25, 0.3) is 5.65 Å². The molecule has 1 fully saturated rings. The van der Waals surface area contributed by atoms with Gasteiger partial charge in [0, 0.05) is 31.5 Å². The molecule has 1 aliphatic heterocycles. The van der Waals surface area contributed by atoms with E-state index in [2.05, 4.69) is 50.9 Å². The van der Waals surface area contributed by atoms with Crippen molar-refractivity contribution in [1.29, 1.82) is 0 Å². The SMILES string of the molecule is CCCN(c1cccc2nccn12)C1CCCNC1. The van der Waals surface area contributed by atoms with Gasteiger partial charge in [0.2, 0.25) is 0 Å². The minimum Gasteiger partial charge on any atom is -0.353 e. The number of hydrogen-bond acceptors (Lipinski definition) is 3. The van der Waals surface area contributed by atoms with E-state index < -0.39 is 0 Å². The van der Waals surface area contributed by atoms with Crippen molar-refractivity contribution < 1.29 is 0 Å². The van der Waals surface area contributed by atoms with Crippen LogP contribution < -0.4 is 10.2 Å². The maximum Gasteiger partial charge on any atom is 0.138 e. The van der Waals surface area contributed by atoms with Crippen molar-refractivity contribution >= 4 is 11.5 Å². The molecule has 0 aliphatic carbocycles. The van der Waals surface area contributed by atoms with Crippen molar-refractivity contribution in [2.24, 2.45) is 0 Å². The fourth-order valence-corrected chi connectivity index (χ4v) is 2.99. The molecule has 0 aromatic carbocycles. The maximum absolute atomic E-state index is 4.39. The molecular weight excluding hydrogens is 236 g/mol. The minimum atomic E-state index is 0.599. The summed E-state index contributed by atoms with van der Waals surface area (Å²) >= 11 is 0. The Kier molecular flexibility index (Phi) is 3.69. The van der Waals surface area contributed by atoms with Gasteiger partial charge in [-0.2, -0.15) is 0 Å². The number of anilines is 1. The van der Waals surface area contributed by atoms with E-state index in [9.17, 15) is 0 Å². The maximum atomic E-state index is 4.39. The first-order valence-electron chi connectivity index (χ1n) is 7.29. The molecule has 0 radical (unpaired) electrons. The van der Waals surface area contributed by atoms with Crippen LogP contribution >= 0.6 is 0 Å². The summed E-state index contributed by atoms with van der Waals surface area (Å²) in [6, 6.07) is 6.98. The first-order chi connectivity index (χ1) is 9.40. The van der Waals surface area contributed by atoms with E-state index in [0.717, 1.165) is 25.3 Å². The van der Waals surface area contributed by atoms with E-state index in [1.165, 1.54) is 25.1 Å². The lowest BCUT2D eigenvalue weighted by atomic mass is 10.1. The summed E-state index contributed by atoms with van der Waals surface area (Å²) in [7, 11) is 0. The molecule has 3 heterocycles. The van der Waals surface area contributed by atoms with E-state index in [-0.39, 0.29) is 0 Å². The molecule has 2 aromatic heterocycles. The van der Waals surface area contributed by atoms with Gasteiger partial charge in [0.05, 0.1) is 0 Å². The molecule has 0 spiro atoms. The lowest BCUT2D eigenvalue weighted by Gasteiger charge is -2.36. The lowest BCUT2D eigenvalue weighted by molar-refractivity contribution is 0.428. The average Bonchev–Trinajstić information content (AvgIpc) is 2.94. The van der Waals surface area contributed by atoms with Crippen molar-refractivity contribution in [1.82, 2.24) is 14.7 Å². The van der Waals surface area contributed by atoms with Gasteiger partial charge in [0.1, 0.15) is 11.5 Å². The van der Waals surface area contributed by atoms with Gasteiger partial charge < -0.3 is 10.2 Å². The van der Waals surface area contributed by atoms with Gasteiger partial charge in [0.15, 0.2) is 0 Å². The highest BCUT2D eigenvalue weighted by molar-refractivity contribution is 5.52. The molecule has 1 unspecified atom stereocenters. The Labute approximate surface area is 114 Å². The number of hydrogen-bond donors (Lipinski definition) is 1. The van der Waals surface area contributed by atoms with Crippen LogP contribution in [0.1, 0.15) is 26.2 Å². The molecule has 4 nitrogen and oxygen atoms in total. The zero-order valence-electron chi connectivity index (χ0n) is 11.5. The van der Waals surface area contributed by atoms with Crippen molar-refractivity contribution in [3.8, 4) is 0 Å². The van der Waals surface area contributed by atoms with E-state index in [1.54, 1.807) is 0 Å². The predicted molar refractivity (Wildman–Crippen MR) is 78.7 cm³/mol. The third-order valence-corrected chi connectivity index (χ3v) is 3.88. The molecule has 3 rings (SSSR count). The molecule has 0 saturated carbocycles. The molecule has 4 heteroatoms. The standard InChI is InChI=1S/C15H22N4/c1-2-10-18(13-5-4-8-16-12-13)15-7-3-6-14-17-9-11-19(14)15/h3,6-7,9,11,13,16H,2,4-5,8,10,12H2,1H3. The van der Waals surface area contributed by atoms with Gasteiger partial charge in [0.25, 0.3) is 0 Å². The fourth-order valence-electron chi connectivity index (χ4n) is 2.99. The van der Waals surface area contributed by atoms with Gasteiger partial charge >= 0.3 is 0 Å². The summed E-state index contributed by atoms with van der Waals surface area (Å²) in [4.78, 5) is 6.93. The Hall–Kier alpha value is -1.55. The van der Waals surface area contributed by atoms with Crippen molar-refractivity contribution in [2.45, 2.75) is 32.2 Å². The molecule has 102 valence electrons. The lowest BCUT2D eigenvalue weighted by Crippen LogP contribution is -2.47. The molecule has 1 aliphatic rings. The van der Waals surface area contributed by atoms with Crippen LogP contribution in [-0.4, -0.2) is 35.1 Å². The highest BCUT2D eigenvalue weighted by Crippen LogP contribution is 2.22. The largest absolute Gasteiger partial charge is 0.353 e. The Morgan fingerprint density at radius 1 is 1.47 bits per heavy atom. The molecule has 1 saturated heterocycles. The molecule has 0 bridgehead atoms. The summed E-state index contributed by atoms with van der Waals surface area (Å²) in [6.07, 6.45) is 7.65. The third kappa shape index (κ3) is 2.45. The van der Waals surface area contributed by atoms with Crippen LogP contribution in [0.4, 0.5) is 5.82 Å². The second-order valence-corrected chi connectivity index (χ2v) is 5.23. The van der Waals surface area contributed by atoms with Crippen LogP contribution in [0.5, 0.6) is 0 Å². The van der Waals surface area contributed by atoms with Gasteiger partial charge in [-0.15, -0.1) is 0 Å². The normalized spacial score (nSPS) is 19.7. The van der Waals surface area contributed by atoms with Crippen molar-refractivity contribution in [2.75, 3.05) is 24.5 Å². The second kappa shape index (κ2) is 5.61. The van der Waals surface area contributed by atoms with Gasteiger partial charge in [-0.3, -0.25) is 4.40 Å². The van der Waals surface area contributed by atoms with Crippen LogP contribution in [0.3, 0.4) is 0 Å². The third-order valence-electron chi connectivity index (χ3n) is 3.88. The second-order valence-electron chi connectivity index (χ2n) is 5.23. The van der Waals surface area contributed by atoms with Crippen LogP contribution in [-0.2, 0) is 0 Å². The molecule has 0 amide bonds. The van der Waals surface area contributed by atoms with E-state index in [1.807, 2.05) is 6.20 Å². The monoisotopic (exact) mass is 258 g/mol. The molecule has 1 atom stereocenters. The Morgan fingerprint density at radius 2 is 2.42 bits per heavy atom. The highest BCUT2D eigenvalue weighted by Gasteiger charge is 2.22. The highest BCUT2D eigenvalue weighted by atomic mass is 15.3. The Balaban J connectivity index is 1.96. The van der Waals surface area contributed by atoms with Crippen LogP contribution in [0.15, 0.2) is 30.6 Å². The van der Waals surface area contributed by atoms with E-state index >= 15 is 0 Å². The summed E-state index contributed by atoms with van der Waals surface area (Å²) in [6.45, 7) is 5.60. The number of pyridine rings is 1. The van der Waals surface area contributed by atoms with Crippen molar-refractivity contribution in [3.05, 3.63) is 30.6 Å². The number of imidazole rings is 1. The average molecular weight is 258 g/mol. The van der Waals surface area contributed by atoms with Crippen LogP contribution in [0.2, 0.25) is 0 Å². The number of piperidine rings is 1. The number of nitrogens with one attached hydrogen (secondary N) is 1. The van der Waals surface area contributed by atoms with Gasteiger partial charge in [-0.05, 0) is 37.9 Å². The minimum absolute atomic E-state index is 0.599. The van der Waals surface area contributed by atoms with E-state index in [4.69, 9.17) is 0 Å². The zero-order valence-corrected chi connectivity index (χ0v) is 11.5. The predicted octanol–water partition coefficient (Wildman–Crippen LogP) is 2.30. The number of rotatable bonds is 4. The van der Waals surface area contributed by atoms with E-state index in [0.29, 0.717) is 6.04 Å². The van der Waals surface area contributed by atoms with Gasteiger partial charge in [-0.25, -0.2) is 4.98 Å². The van der Waals surface area contributed by atoms with Gasteiger partial charge in [-0.1, -0.05) is 13.0 Å². The molecule has 19 heavy (non-hydrogen) atoms. The fraction of sp³-hybridized carbons (Fsp3) is 0.533. The summed E-state index contributed by atoms with van der Waals surface area (Å²) < 4.78 is 2.20. The summed E-state index contributed by atoms with van der Waals surface area (Å²) in [5.41, 5.74) is 1.03. The molecular formula is C15H22N4. The van der Waals surface area contributed by atoms with Crippen LogP contribution in [0, 0.1) is 0 Å².